The molecule has 0 spiro atoms. The van der Waals surface area contributed by atoms with Gasteiger partial charge in [0, 0.05) is 25.7 Å². The summed E-state index contributed by atoms with van der Waals surface area (Å²) in [7, 11) is 2.04. The van der Waals surface area contributed by atoms with Gasteiger partial charge in [-0.05, 0) is 39.3 Å². The molecule has 2 aliphatic rings. The monoisotopic (exact) mass is 283 g/mol. The van der Waals surface area contributed by atoms with Crippen LogP contribution in [0.1, 0.15) is 32.6 Å². The second-order valence-corrected chi connectivity index (χ2v) is 6.16. The Kier molecular flexibility index (Phi) is 4.52. The normalized spacial score (nSPS) is 31.3. The average Bonchev–Trinajstić information content (AvgIpc) is 2.83. The lowest BCUT2D eigenvalue weighted by Crippen LogP contribution is -2.54. The van der Waals surface area contributed by atoms with Gasteiger partial charge >= 0.3 is 12.0 Å². The Morgan fingerprint density at radius 2 is 2.15 bits per heavy atom. The molecule has 20 heavy (non-hydrogen) atoms. The predicted octanol–water partition coefficient (Wildman–Crippen LogP) is 0.977. The van der Waals surface area contributed by atoms with Gasteiger partial charge in [-0.1, -0.05) is 6.92 Å². The summed E-state index contributed by atoms with van der Waals surface area (Å²) in [5, 5.41) is 12.5. The standard InChI is InChI=1S/C14H25N3O3/c1-3-14(12(18)19)6-4-7-17(10-14)13(20)15-11-5-8-16(2)9-11/h11H,3-10H2,1-2H3,(H,15,20)(H,18,19). The zero-order chi connectivity index (χ0) is 14.8. The third kappa shape index (κ3) is 3.06. The Labute approximate surface area is 120 Å². The molecule has 2 N–H and O–H groups in total. The van der Waals surface area contributed by atoms with Gasteiger partial charge in [-0.2, -0.15) is 0 Å². The topological polar surface area (TPSA) is 72.9 Å². The van der Waals surface area contributed by atoms with Gasteiger partial charge < -0.3 is 20.2 Å². The number of carboxylic acid groups (broad SMARTS) is 1. The van der Waals surface area contributed by atoms with Crippen LogP contribution >= 0.6 is 0 Å². The second-order valence-electron chi connectivity index (χ2n) is 6.16. The van der Waals surface area contributed by atoms with Gasteiger partial charge in [0.05, 0.1) is 5.41 Å². The van der Waals surface area contributed by atoms with Crippen molar-refractivity contribution >= 4 is 12.0 Å². The molecule has 2 aliphatic heterocycles. The molecule has 6 nitrogen and oxygen atoms in total. The number of nitrogens with zero attached hydrogens (tertiary/aromatic N) is 2. The van der Waals surface area contributed by atoms with Gasteiger partial charge in [-0.25, -0.2) is 4.79 Å². The first-order valence-electron chi connectivity index (χ1n) is 7.44. The average molecular weight is 283 g/mol. The van der Waals surface area contributed by atoms with Gasteiger partial charge in [0.15, 0.2) is 0 Å². The van der Waals surface area contributed by atoms with Crippen LogP contribution < -0.4 is 5.32 Å². The molecule has 0 aromatic rings. The molecule has 2 unspecified atom stereocenters. The molecule has 0 bridgehead atoms. The molecule has 0 aliphatic carbocycles. The molecular weight excluding hydrogens is 258 g/mol. The summed E-state index contributed by atoms with van der Waals surface area (Å²) < 4.78 is 0. The maximum Gasteiger partial charge on any atom is 0.317 e. The molecule has 0 aromatic heterocycles. The van der Waals surface area contributed by atoms with E-state index in [0.717, 1.165) is 25.9 Å². The Morgan fingerprint density at radius 3 is 2.70 bits per heavy atom. The minimum atomic E-state index is -0.780. The van der Waals surface area contributed by atoms with E-state index in [1.54, 1.807) is 4.90 Å². The fourth-order valence-electron chi connectivity index (χ4n) is 3.24. The highest BCUT2D eigenvalue weighted by Gasteiger charge is 2.42. The first-order valence-corrected chi connectivity index (χ1v) is 7.44. The molecule has 2 atom stereocenters. The fraction of sp³-hybridized carbons (Fsp3) is 0.857. The van der Waals surface area contributed by atoms with Crippen LogP contribution in [0, 0.1) is 5.41 Å². The number of amides is 2. The van der Waals surface area contributed by atoms with E-state index in [0.29, 0.717) is 25.9 Å². The van der Waals surface area contributed by atoms with E-state index >= 15 is 0 Å². The van der Waals surface area contributed by atoms with Gasteiger partial charge in [0.25, 0.3) is 0 Å². The van der Waals surface area contributed by atoms with Gasteiger partial charge in [-0.15, -0.1) is 0 Å². The number of likely N-dealkylation sites (N-methyl/N-ethyl adjacent to an activating group) is 1. The molecular formula is C14H25N3O3. The number of hydrogen-bond donors (Lipinski definition) is 2. The smallest absolute Gasteiger partial charge is 0.317 e. The zero-order valence-electron chi connectivity index (χ0n) is 12.4. The number of carbonyl (C=O) groups is 2. The Hall–Kier alpha value is -1.30. The van der Waals surface area contributed by atoms with Crippen LogP contribution in [0.15, 0.2) is 0 Å². The number of urea groups is 1. The molecule has 114 valence electrons. The van der Waals surface area contributed by atoms with Crippen LogP contribution in [0.4, 0.5) is 4.79 Å². The van der Waals surface area contributed by atoms with Gasteiger partial charge in [0.1, 0.15) is 0 Å². The molecule has 2 amide bonds. The van der Waals surface area contributed by atoms with Gasteiger partial charge in [0.2, 0.25) is 0 Å². The Morgan fingerprint density at radius 1 is 1.40 bits per heavy atom. The lowest BCUT2D eigenvalue weighted by atomic mass is 9.78. The molecule has 2 saturated heterocycles. The van der Waals surface area contributed by atoms with E-state index in [9.17, 15) is 14.7 Å². The Bertz CT molecular complexity index is 388. The lowest BCUT2D eigenvalue weighted by molar-refractivity contribution is -0.152. The zero-order valence-corrected chi connectivity index (χ0v) is 12.4. The van der Waals surface area contributed by atoms with Crippen molar-refractivity contribution in [3.8, 4) is 0 Å². The SMILES string of the molecule is CCC1(C(=O)O)CCCN(C(=O)NC2CCN(C)C2)C1. The Balaban J connectivity index is 1.94. The molecule has 2 fully saturated rings. The lowest BCUT2D eigenvalue weighted by Gasteiger charge is -2.39. The highest BCUT2D eigenvalue weighted by Crippen LogP contribution is 2.33. The highest BCUT2D eigenvalue weighted by molar-refractivity contribution is 5.79. The number of aliphatic carboxylic acids is 1. The van der Waals surface area contributed by atoms with Crippen LogP contribution in [-0.2, 0) is 4.79 Å². The van der Waals surface area contributed by atoms with E-state index in [1.165, 1.54) is 0 Å². The van der Waals surface area contributed by atoms with Crippen LogP contribution in [-0.4, -0.2) is 66.2 Å². The van der Waals surface area contributed by atoms with Crippen molar-refractivity contribution in [1.29, 1.82) is 0 Å². The summed E-state index contributed by atoms with van der Waals surface area (Å²) in [6.07, 6.45) is 2.96. The van der Waals surface area contributed by atoms with E-state index in [1.807, 2.05) is 14.0 Å². The van der Waals surface area contributed by atoms with Gasteiger partial charge in [-0.3, -0.25) is 4.79 Å². The van der Waals surface area contributed by atoms with Crippen molar-refractivity contribution in [2.75, 3.05) is 33.2 Å². The summed E-state index contributed by atoms with van der Waals surface area (Å²) >= 11 is 0. The van der Waals surface area contributed by atoms with E-state index < -0.39 is 11.4 Å². The quantitative estimate of drug-likeness (QED) is 0.810. The molecule has 0 aromatic carbocycles. The summed E-state index contributed by atoms with van der Waals surface area (Å²) in [4.78, 5) is 27.7. The minimum Gasteiger partial charge on any atom is -0.481 e. The van der Waals surface area contributed by atoms with Crippen molar-refractivity contribution in [1.82, 2.24) is 15.1 Å². The number of nitrogens with one attached hydrogen (secondary N) is 1. The third-order valence-corrected chi connectivity index (χ3v) is 4.71. The summed E-state index contributed by atoms with van der Waals surface area (Å²) in [5.41, 5.74) is -0.762. The number of hydrogen-bond acceptors (Lipinski definition) is 3. The maximum absolute atomic E-state index is 12.3. The summed E-state index contributed by atoms with van der Waals surface area (Å²) in [5.74, 6) is -0.780. The first-order chi connectivity index (χ1) is 9.47. The maximum atomic E-state index is 12.3. The molecule has 2 rings (SSSR count). The van der Waals surface area contributed by atoms with E-state index in [4.69, 9.17) is 0 Å². The van der Waals surface area contributed by atoms with Crippen molar-refractivity contribution in [2.24, 2.45) is 5.41 Å². The fourth-order valence-corrected chi connectivity index (χ4v) is 3.24. The number of rotatable bonds is 3. The summed E-state index contributed by atoms with van der Waals surface area (Å²) in [6, 6.07) is 0.0827. The number of likely N-dealkylation sites (tertiary alicyclic amines) is 2. The molecule has 6 heteroatoms. The molecule has 2 heterocycles. The second kappa shape index (κ2) is 5.99. The minimum absolute atomic E-state index is 0.107. The van der Waals surface area contributed by atoms with E-state index in [-0.39, 0.29) is 12.1 Å². The number of carbonyl (C=O) groups excluding carboxylic acids is 1. The molecule has 0 radical (unpaired) electrons. The van der Waals surface area contributed by atoms with E-state index in [2.05, 4.69) is 10.2 Å². The largest absolute Gasteiger partial charge is 0.481 e. The number of carboxylic acids is 1. The highest BCUT2D eigenvalue weighted by atomic mass is 16.4. The van der Waals surface area contributed by atoms with Crippen LogP contribution in [0.25, 0.3) is 0 Å². The van der Waals surface area contributed by atoms with Crippen LogP contribution in [0.2, 0.25) is 0 Å². The van der Waals surface area contributed by atoms with Crippen molar-refractivity contribution < 1.29 is 14.7 Å². The summed E-state index contributed by atoms with van der Waals surface area (Å²) in [6.45, 7) is 4.74. The van der Waals surface area contributed by atoms with Crippen molar-refractivity contribution in [3.63, 3.8) is 0 Å². The number of piperidine rings is 1. The van der Waals surface area contributed by atoms with Crippen molar-refractivity contribution in [3.05, 3.63) is 0 Å². The van der Waals surface area contributed by atoms with Crippen LogP contribution in [0.5, 0.6) is 0 Å². The molecule has 0 saturated carbocycles. The van der Waals surface area contributed by atoms with Crippen molar-refractivity contribution in [2.45, 2.75) is 38.6 Å². The predicted molar refractivity (Wildman–Crippen MR) is 75.6 cm³/mol. The van der Waals surface area contributed by atoms with Crippen LogP contribution in [0.3, 0.4) is 0 Å². The third-order valence-electron chi connectivity index (χ3n) is 4.71. The first kappa shape index (κ1) is 15.1.